The molecule has 0 aromatic carbocycles. The van der Waals surface area contributed by atoms with Crippen LogP contribution < -0.4 is 0 Å². The minimum Gasteiger partial charge on any atom is -0.274 e. The Morgan fingerprint density at radius 2 is 2.05 bits per heavy atom. The van der Waals surface area contributed by atoms with Crippen molar-refractivity contribution in [3.8, 4) is 0 Å². The molecular formula is C10H10BrN5O3. The van der Waals surface area contributed by atoms with Gasteiger partial charge in [-0.05, 0) is 29.8 Å². The van der Waals surface area contributed by atoms with Crippen LogP contribution >= 0.6 is 15.9 Å². The van der Waals surface area contributed by atoms with E-state index in [2.05, 4.69) is 26.1 Å². The maximum absolute atomic E-state index is 12.3. The van der Waals surface area contributed by atoms with Crippen LogP contribution in [0.5, 0.6) is 0 Å². The molecule has 0 fully saturated rings. The Bertz CT molecular complexity index is 688. The third-order valence-electron chi connectivity index (χ3n) is 2.61. The molecule has 8 nitrogen and oxygen atoms in total. The maximum atomic E-state index is 12.3. The number of aryl methyl sites for hydroxylation is 2. The van der Waals surface area contributed by atoms with Gasteiger partial charge in [-0.1, -0.05) is 0 Å². The van der Waals surface area contributed by atoms with Gasteiger partial charge in [-0.15, -0.1) is 0 Å². The number of halogens is 1. The van der Waals surface area contributed by atoms with Gasteiger partial charge in [0.25, 0.3) is 5.91 Å². The molecule has 2 rings (SSSR count). The molecule has 0 aliphatic carbocycles. The molecule has 0 saturated carbocycles. The van der Waals surface area contributed by atoms with E-state index in [0.717, 1.165) is 4.68 Å². The van der Waals surface area contributed by atoms with Crippen LogP contribution in [0.4, 0.5) is 5.69 Å². The highest BCUT2D eigenvalue weighted by Crippen LogP contribution is 2.23. The summed E-state index contributed by atoms with van der Waals surface area (Å²) >= 11 is 3.21. The van der Waals surface area contributed by atoms with Crippen LogP contribution in [0.15, 0.2) is 10.7 Å². The fourth-order valence-corrected chi connectivity index (χ4v) is 2.35. The van der Waals surface area contributed by atoms with E-state index < -0.39 is 10.8 Å². The van der Waals surface area contributed by atoms with E-state index >= 15 is 0 Å². The summed E-state index contributed by atoms with van der Waals surface area (Å²) < 4.78 is 2.98. The van der Waals surface area contributed by atoms with Crippen LogP contribution in [0.25, 0.3) is 0 Å². The number of carbonyl (C=O) groups excluding carboxylic acids is 1. The van der Waals surface area contributed by atoms with Crippen LogP contribution in [0.2, 0.25) is 0 Å². The second-order valence-electron chi connectivity index (χ2n) is 3.99. The minimum atomic E-state index is -0.547. The lowest BCUT2D eigenvalue weighted by Crippen LogP contribution is -2.17. The predicted octanol–water partition coefficient (Wildman–Crippen LogP) is 1.59. The molecule has 0 atom stereocenters. The fourth-order valence-electron chi connectivity index (χ4n) is 1.80. The maximum Gasteiger partial charge on any atom is 0.313 e. The molecule has 2 heterocycles. The molecule has 2 aromatic heterocycles. The first-order valence-electron chi connectivity index (χ1n) is 5.27. The van der Waals surface area contributed by atoms with Gasteiger partial charge in [-0.25, -0.2) is 0 Å². The molecule has 0 bridgehead atoms. The lowest BCUT2D eigenvalue weighted by molar-refractivity contribution is -0.386. The molecule has 0 N–H and O–H groups in total. The molecule has 0 amide bonds. The molecule has 19 heavy (non-hydrogen) atoms. The number of hydrogen-bond donors (Lipinski definition) is 0. The summed E-state index contributed by atoms with van der Waals surface area (Å²) in [7, 11) is 1.67. The van der Waals surface area contributed by atoms with Crippen LogP contribution in [-0.4, -0.2) is 30.4 Å². The third kappa shape index (κ3) is 2.16. The highest BCUT2D eigenvalue weighted by atomic mass is 79.9. The van der Waals surface area contributed by atoms with Crippen molar-refractivity contribution in [1.82, 2.24) is 19.6 Å². The van der Waals surface area contributed by atoms with Crippen molar-refractivity contribution in [3.05, 3.63) is 37.9 Å². The Morgan fingerprint density at radius 3 is 2.47 bits per heavy atom. The summed E-state index contributed by atoms with van der Waals surface area (Å²) in [6.07, 6.45) is 1.62. The number of carbonyl (C=O) groups is 1. The molecule has 100 valence electrons. The number of nitro groups is 1. The first-order valence-corrected chi connectivity index (χ1v) is 6.06. The van der Waals surface area contributed by atoms with Crippen LogP contribution in [0.1, 0.15) is 21.9 Å². The Balaban J connectivity index is 2.54. The summed E-state index contributed by atoms with van der Waals surface area (Å²) in [4.78, 5) is 22.6. The van der Waals surface area contributed by atoms with Gasteiger partial charge in [0.05, 0.1) is 9.40 Å². The summed E-state index contributed by atoms with van der Waals surface area (Å²) in [5, 5.41) is 18.8. The van der Waals surface area contributed by atoms with E-state index in [0.29, 0.717) is 4.47 Å². The highest BCUT2D eigenvalue weighted by Gasteiger charge is 2.27. The van der Waals surface area contributed by atoms with E-state index in [-0.39, 0.29) is 22.8 Å². The summed E-state index contributed by atoms with van der Waals surface area (Å²) in [5.74, 6) is -0.513. The average molecular weight is 328 g/mol. The van der Waals surface area contributed by atoms with Crippen molar-refractivity contribution in [2.24, 2.45) is 7.05 Å². The molecule has 2 aromatic rings. The second-order valence-corrected chi connectivity index (χ2v) is 4.85. The van der Waals surface area contributed by atoms with Crippen molar-refractivity contribution in [2.45, 2.75) is 13.8 Å². The van der Waals surface area contributed by atoms with Crippen molar-refractivity contribution in [3.63, 3.8) is 0 Å². The van der Waals surface area contributed by atoms with Gasteiger partial charge in [0.15, 0.2) is 5.69 Å². The van der Waals surface area contributed by atoms with Gasteiger partial charge in [0, 0.05) is 13.2 Å². The smallest absolute Gasteiger partial charge is 0.274 e. The number of aromatic nitrogens is 4. The van der Waals surface area contributed by atoms with E-state index in [1.54, 1.807) is 13.2 Å². The molecule has 9 heteroatoms. The first-order chi connectivity index (χ1) is 8.82. The van der Waals surface area contributed by atoms with Gasteiger partial charge in [0.2, 0.25) is 0 Å². The van der Waals surface area contributed by atoms with Crippen molar-refractivity contribution < 1.29 is 9.72 Å². The monoisotopic (exact) mass is 327 g/mol. The summed E-state index contributed by atoms with van der Waals surface area (Å²) in [6.45, 7) is 2.97. The topological polar surface area (TPSA) is 95.8 Å². The zero-order chi connectivity index (χ0) is 14.3. The largest absolute Gasteiger partial charge is 0.313 e. The van der Waals surface area contributed by atoms with Gasteiger partial charge in [-0.2, -0.15) is 14.9 Å². The van der Waals surface area contributed by atoms with Gasteiger partial charge in [-0.3, -0.25) is 19.6 Å². The van der Waals surface area contributed by atoms with Crippen molar-refractivity contribution in [2.75, 3.05) is 0 Å². The Kier molecular flexibility index (Phi) is 3.23. The van der Waals surface area contributed by atoms with Gasteiger partial charge >= 0.3 is 5.69 Å². The van der Waals surface area contributed by atoms with E-state index in [9.17, 15) is 14.9 Å². The molecule has 0 unspecified atom stereocenters. The van der Waals surface area contributed by atoms with E-state index in [4.69, 9.17) is 0 Å². The van der Waals surface area contributed by atoms with Crippen molar-refractivity contribution in [1.29, 1.82) is 0 Å². The lowest BCUT2D eigenvalue weighted by atomic mass is 10.3. The number of hydrogen-bond acceptors (Lipinski definition) is 5. The SMILES string of the molecule is Cc1nn(C(=O)c2nn(C)cc2Br)c(C)c1[N+](=O)[O-]. The first kappa shape index (κ1) is 13.4. The summed E-state index contributed by atoms with van der Waals surface area (Å²) in [5.41, 5.74) is 0.386. The standard InChI is InChI=1S/C10H10BrN5O3/c1-5-9(16(18)19)6(2)15(12-5)10(17)8-7(11)4-14(3)13-8/h4H,1-3H3. The van der Waals surface area contributed by atoms with Crippen molar-refractivity contribution >= 4 is 27.5 Å². The van der Waals surface area contributed by atoms with Crippen LogP contribution in [0, 0.1) is 24.0 Å². The number of rotatable bonds is 2. The molecular weight excluding hydrogens is 318 g/mol. The summed E-state index contributed by atoms with van der Waals surface area (Å²) in [6, 6.07) is 0. The Hall–Kier alpha value is -2.03. The zero-order valence-corrected chi connectivity index (χ0v) is 12.0. The number of nitrogens with zero attached hydrogens (tertiary/aromatic N) is 5. The molecule has 0 spiro atoms. The third-order valence-corrected chi connectivity index (χ3v) is 3.20. The molecule has 0 aliphatic heterocycles. The van der Waals surface area contributed by atoms with Crippen LogP contribution in [0.3, 0.4) is 0 Å². The van der Waals surface area contributed by atoms with Crippen LogP contribution in [-0.2, 0) is 7.05 Å². The minimum absolute atomic E-state index is 0.152. The van der Waals surface area contributed by atoms with E-state index in [1.807, 2.05) is 0 Å². The normalized spacial score (nSPS) is 10.7. The molecule has 0 radical (unpaired) electrons. The fraction of sp³-hybridized carbons (Fsp3) is 0.300. The predicted molar refractivity (Wildman–Crippen MR) is 69.0 cm³/mol. The Labute approximate surface area is 116 Å². The molecule has 0 saturated heterocycles. The lowest BCUT2D eigenvalue weighted by Gasteiger charge is -1.99. The van der Waals surface area contributed by atoms with Gasteiger partial charge < -0.3 is 0 Å². The van der Waals surface area contributed by atoms with E-state index in [1.165, 1.54) is 18.5 Å². The Morgan fingerprint density at radius 1 is 1.42 bits per heavy atom. The van der Waals surface area contributed by atoms with Gasteiger partial charge in [0.1, 0.15) is 11.4 Å². The second kappa shape index (κ2) is 4.57. The highest BCUT2D eigenvalue weighted by molar-refractivity contribution is 9.10. The zero-order valence-electron chi connectivity index (χ0n) is 10.4. The molecule has 0 aliphatic rings. The quantitative estimate of drug-likeness (QED) is 0.616. The average Bonchev–Trinajstić information content (AvgIpc) is 2.78.